The van der Waals surface area contributed by atoms with E-state index in [1.54, 1.807) is 12.1 Å². The molecule has 0 amide bonds. The van der Waals surface area contributed by atoms with E-state index in [9.17, 15) is 9.59 Å². The molecule has 9 nitrogen and oxygen atoms in total. The van der Waals surface area contributed by atoms with Crippen LogP contribution in [0.1, 0.15) is 18.4 Å². The molecule has 0 radical (unpaired) electrons. The van der Waals surface area contributed by atoms with Crippen molar-refractivity contribution in [2.24, 2.45) is 7.05 Å². The minimum Gasteiger partial charge on any atom is -0.344 e. The second-order valence-electron chi connectivity index (χ2n) is 9.74. The first-order chi connectivity index (χ1) is 18.2. The third kappa shape index (κ3) is 4.11. The molecular weight excluding hydrogens is 516 g/mol. The molecule has 6 rings (SSSR count). The Labute approximate surface area is 219 Å². The number of piperidine rings is 1. The molecule has 12 heteroatoms. The summed E-state index contributed by atoms with van der Waals surface area (Å²) in [5.74, 6) is -0.715. The van der Waals surface area contributed by atoms with Gasteiger partial charge in [-0.3, -0.25) is 9.36 Å². The van der Waals surface area contributed by atoms with E-state index in [0.29, 0.717) is 47.7 Å². The standard InChI is InChI=1S/C26H24ClF2N7O2/c1-33-8-3-21(37)35(25(33)38)13-17-11-20-22(31-15-32-36(20)24(17)28)19-12-18(27)10-16-2-9-34(23(16)19)14-26(29)4-6-30-7-5-26/h2-3,8-12,15,30H,4-7,13-14H2,1H3. The molecule has 0 bridgehead atoms. The zero-order chi connectivity index (χ0) is 26.6. The Bertz CT molecular complexity index is 1810. The Kier molecular flexibility index (Phi) is 5.92. The molecule has 5 heterocycles. The van der Waals surface area contributed by atoms with Crippen molar-refractivity contribution >= 4 is 28.0 Å². The smallest absolute Gasteiger partial charge is 0.331 e. The topological polar surface area (TPSA) is 91.2 Å². The fraction of sp³-hybridized carbons (Fsp3) is 0.308. The first-order valence-corrected chi connectivity index (χ1v) is 12.6. The van der Waals surface area contributed by atoms with Gasteiger partial charge in [0.15, 0.2) is 0 Å². The summed E-state index contributed by atoms with van der Waals surface area (Å²) in [5.41, 5.74) is -0.326. The van der Waals surface area contributed by atoms with Crippen LogP contribution in [0.25, 0.3) is 27.7 Å². The summed E-state index contributed by atoms with van der Waals surface area (Å²) in [7, 11) is 1.51. The number of hydrogen-bond donors (Lipinski definition) is 1. The van der Waals surface area contributed by atoms with E-state index in [0.717, 1.165) is 20.0 Å². The minimum absolute atomic E-state index is 0.100. The summed E-state index contributed by atoms with van der Waals surface area (Å²) in [6.45, 7) is 1.11. The number of alkyl halides is 1. The molecule has 0 spiro atoms. The fourth-order valence-electron chi connectivity index (χ4n) is 5.22. The second kappa shape index (κ2) is 9.17. The normalized spacial score (nSPS) is 15.5. The van der Waals surface area contributed by atoms with Gasteiger partial charge in [-0.15, -0.1) is 0 Å². The number of benzene rings is 1. The molecule has 1 aliphatic rings. The van der Waals surface area contributed by atoms with Crippen LogP contribution < -0.4 is 16.6 Å². The van der Waals surface area contributed by atoms with Gasteiger partial charge in [-0.05, 0) is 50.2 Å². The first kappa shape index (κ1) is 24.5. The van der Waals surface area contributed by atoms with Crippen molar-refractivity contribution < 1.29 is 8.78 Å². The number of nitrogens with zero attached hydrogens (tertiary/aromatic N) is 6. The first-order valence-electron chi connectivity index (χ1n) is 12.2. The monoisotopic (exact) mass is 539 g/mol. The van der Waals surface area contributed by atoms with Crippen LogP contribution in [0.15, 0.2) is 58.6 Å². The summed E-state index contributed by atoms with van der Waals surface area (Å²) in [6, 6.07) is 8.15. The maximum Gasteiger partial charge on any atom is 0.331 e. The molecule has 1 saturated heterocycles. The fourth-order valence-corrected chi connectivity index (χ4v) is 5.45. The number of aryl methyl sites for hydroxylation is 1. The van der Waals surface area contributed by atoms with Gasteiger partial charge in [0.2, 0.25) is 5.95 Å². The van der Waals surface area contributed by atoms with Gasteiger partial charge >= 0.3 is 5.69 Å². The van der Waals surface area contributed by atoms with Crippen LogP contribution >= 0.6 is 11.6 Å². The van der Waals surface area contributed by atoms with Crippen LogP contribution in [0.4, 0.5) is 8.78 Å². The Morgan fingerprint density at radius 1 is 1.13 bits per heavy atom. The molecule has 1 aromatic carbocycles. The third-order valence-corrected chi connectivity index (χ3v) is 7.41. The Morgan fingerprint density at radius 2 is 1.92 bits per heavy atom. The maximum atomic E-state index is 15.7. The van der Waals surface area contributed by atoms with Crippen LogP contribution in [0.2, 0.25) is 5.02 Å². The van der Waals surface area contributed by atoms with Gasteiger partial charge in [-0.25, -0.2) is 18.7 Å². The minimum atomic E-state index is -1.36. The maximum absolute atomic E-state index is 15.7. The van der Waals surface area contributed by atoms with Crippen molar-refractivity contribution in [2.45, 2.75) is 31.6 Å². The Morgan fingerprint density at radius 3 is 2.71 bits per heavy atom. The van der Waals surface area contributed by atoms with E-state index in [2.05, 4.69) is 15.4 Å². The van der Waals surface area contributed by atoms with Gasteiger partial charge in [-0.1, -0.05) is 11.6 Å². The predicted molar refractivity (Wildman–Crippen MR) is 140 cm³/mol. The second-order valence-corrected chi connectivity index (χ2v) is 10.2. The Hall–Kier alpha value is -3.83. The average molecular weight is 540 g/mol. The van der Waals surface area contributed by atoms with Crippen LogP contribution in [0, 0.1) is 5.95 Å². The van der Waals surface area contributed by atoms with Crippen LogP contribution in [0.5, 0.6) is 0 Å². The number of rotatable bonds is 5. The van der Waals surface area contributed by atoms with Gasteiger partial charge in [0.1, 0.15) is 17.7 Å². The highest BCUT2D eigenvalue weighted by Crippen LogP contribution is 2.36. The molecule has 0 atom stereocenters. The van der Waals surface area contributed by atoms with Gasteiger partial charge < -0.3 is 14.5 Å². The van der Waals surface area contributed by atoms with Gasteiger partial charge in [0.25, 0.3) is 5.56 Å². The molecule has 1 aliphatic heterocycles. The highest BCUT2D eigenvalue weighted by Gasteiger charge is 2.33. The van der Waals surface area contributed by atoms with Crippen molar-refractivity contribution in [3.8, 4) is 11.3 Å². The number of nitrogens with one attached hydrogen (secondary N) is 1. The molecule has 38 heavy (non-hydrogen) atoms. The highest BCUT2D eigenvalue weighted by atomic mass is 35.5. The largest absolute Gasteiger partial charge is 0.344 e. The molecular formula is C26H24ClF2N7O2. The zero-order valence-corrected chi connectivity index (χ0v) is 21.3. The quantitative estimate of drug-likeness (QED) is 0.370. The lowest BCUT2D eigenvalue weighted by Gasteiger charge is -2.30. The lowest BCUT2D eigenvalue weighted by Crippen LogP contribution is -2.41. The molecule has 4 aromatic heterocycles. The number of fused-ring (bicyclic) bond motifs is 2. The summed E-state index contributed by atoms with van der Waals surface area (Å²) < 4.78 is 36.3. The molecule has 5 aromatic rings. The predicted octanol–water partition coefficient (Wildman–Crippen LogP) is 3.14. The summed E-state index contributed by atoms with van der Waals surface area (Å²) >= 11 is 6.46. The molecule has 0 unspecified atom stereocenters. The number of aromatic nitrogens is 6. The summed E-state index contributed by atoms with van der Waals surface area (Å²) in [4.78, 5) is 29.3. The molecule has 0 aliphatic carbocycles. The van der Waals surface area contributed by atoms with Gasteiger partial charge in [0, 0.05) is 47.0 Å². The van der Waals surface area contributed by atoms with Crippen LogP contribution in [-0.2, 0) is 20.1 Å². The van der Waals surface area contributed by atoms with E-state index in [-0.39, 0.29) is 18.7 Å². The van der Waals surface area contributed by atoms with Gasteiger partial charge in [-0.2, -0.15) is 9.49 Å². The molecule has 1 N–H and O–H groups in total. The Balaban J connectivity index is 1.51. The average Bonchev–Trinajstić information content (AvgIpc) is 3.44. The van der Waals surface area contributed by atoms with Crippen molar-refractivity contribution in [3.05, 3.63) is 86.4 Å². The third-order valence-electron chi connectivity index (χ3n) is 7.19. The molecule has 196 valence electrons. The van der Waals surface area contributed by atoms with Crippen molar-refractivity contribution in [2.75, 3.05) is 13.1 Å². The zero-order valence-electron chi connectivity index (χ0n) is 20.5. The van der Waals surface area contributed by atoms with Crippen molar-refractivity contribution in [1.29, 1.82) is 0 Å². The van der Waals surface area contributed by atoms with E-state index in [4.69, 9.17) is 11.6 Å². The van der Waals surface area contributed by atoms with Crippen molar-refractivity contribution in [1.82, 2.24) is 33.6 Å². The molecule has 0 saturated carbocycles. The summed E-state index contributed by atoms with van der Waals surface area (Å²) in [5, 5.41) is 8.50. The van der Waals surface area contributed by atoms with Crippen LogP contribution in [-0.4, -0.2) is 47.1 Å². The lowest BCUT2D eigenvalue weighted by molar-refractivity contribution is 0.0955. The SMILES string of the molecule is Cn1ccc(=O)n(Cc2cc3c(-c4cc(Cl)cc5ccn(CC6(F)CCNCC6)c45)ncnn3c2F)c1=O. The van der Waals surface area contributed by atoms with E-state index < -0.39 is 22.9 Å². The highest BCUT2D eigenvalue weighted by molar-refractivity contribution is 6.32. The van der Waals surface area contributed by atoms with E-state index >= 15 is 8.78 Å². The van der Waals surface area contributed by atoms with E-state index in [1.807, 2.05) is 16.8 Å². The number of halogens is 3. The van der Waals surface area contributed by atoms with Crippen molar-refractivity contribution in [3.63, 3.8) is 0 Å². The summed E-state index contributed by atoms with van der Waals surface area (Å²) in [6.07, 6.45) is 5.22. The van der Waals surface area contributed by atoms with E-state index in [1.165, 1.54) is 36.3 Å². The van der Waals surface area contributed by atoms with Crippen LogP contribution in [0.3, 0.4) is 0 Å². The molecule has 1 fully saturated rings. The number of hydrogen-bond acceptors (Lipinski definition) is 5. The lowest BCUT2D eigenvalue weighted by atomic mass is 9.94. The van der Waals surface area contributed by atoms with Gasteiger partial charge in [0.05, 0.1) is 24.1 Å².